The molecule has 0 N–H and O–H groups in total. The van der Waals surface area contributed by atoms with Crippen LogP contribution in [0.2, 0.25) is 0 Å². The van der Waals surface area contributed by atoms with Crippen LogP contribution in [0.15, 0.2) is 53.0 Å². The molecule has 2 aliphatic heterocycles. The summed E-state index contributed by atoms with van der Waals surface area (Å²) >= 11 is 3.64. The fourth-order valence-electron chi connectivity index (χ4n) is 4.28. The molecule has 25 heavy (non-hydrogen) atoms. The molecule has 132 valence electrons. The lowest BCUT2D eigenvalue weighted by molar-refractivity contribution is -0.114. The van der Waals surface area contributed by atoms with Crippen molar-refractivity contribution in [3.05, 3.63) is 69.7 Å². The van der Waals surface area contributed by atoms with Gasteiger partial charge in [-0.25, -0.2) is 0 Å². The molecule has 0 aliphatic carbocycles. The van der Waals surface area contributed by atoms with Gasteiger partial charge in [-0.15, -0.1) is 0 Å². The summed E-state index contributed by atoms with van der Waals surface area (Å²) < 4.78 is 1.15. The van der Waals surface area contributed by atoms with Crippen molar-refractivity contribution in [3.63, 3.8) is 0 Å². The quantitative estimate of drug-likeness (QED) is 0.750. The summed E-state index contributed by atoms with van der Waals surface area (Å²) in [6.07, 6.45) is 1.11. The van der Waals surface area contributed by atoms with Crippen LogP contribution in [0.25, 0.3) is 0 Å². The van der Waals surface area contributed by atoms with Crippen LogP contribution in [0, 0.1) is 12.8 Å². The van der Waals surface area contributed by atoms with Gasteiger partial charge in [0, 0.05) is 42.6 Å². The Bertz CT molecular complexity index is 750. The zero-order valence-electron chi connectivity index (χ0n) is 14.9. The van der Waals surface area contributed by atoms with Gasteiger partial charge < -0.3 is 0 Å². The van der Waals surface area contributed by atoms with Crippen molar-refractivity contribution in [3.8, 4) is 0 Å². The van der Waals surface area contributed by atoms with E-state index >= 15 is 0 Å². The summed E-state index contributed by atoms with van der Waals surface area (Å²) in [6, 6.07) is 18.4. The highest BCUT2D eigenvalue weighted by Gasteiger charge is 2.42. The van der Waals surface area contributed by atoms with Crippen LogP contribution >= 0.6 is 15.9 Å². The molecule has 0 aromatic heterocycles. The van der Waals surface area contributed by atoms with Gasteiger partial charge in [-0.1, -0.05) is 52.3 Å². The first-order valence-electron chi connectivity index (χ1n) is 9.01. The highest BCUT2D eigenvalue weighted by Crippen LogP contribution is 2.40. The predicted molar refractivity (Wildman–Crippen MR) is 104 cm³/mol. The highest BCUT2D eigenvalue weighted by atomic mass is 79.9. The van der Waals surface area contributed by atoms with Gasteiger partial charge in [-0.05, 0) is 42.2 Å². The molecule has 0 unspecified atom stereocenters. The summed E-state index contributed by atoms with van der Waals surface area (Å²) in [5.74, 6) is 0.595. The fourth-order valence-corrected chi connectivity index (χ4v) is 4.70. The van der Waals surface area contributed by atoms with E-state index < -0.39 is 0 Å². The molecule has 2 saturated heterocycles. The molecule has 2 aromatic carbocycles. The molecule has 2 heterocycles. The molecule has 2 fully saturated rings. The molecule has 0 saturated carbocycles. The van der Waals surface area contributed by atoms with E-state index in [0.29, 0.717) is 18.0 Å². The first kappa shape index (κ1) is 17.2. The van der Waals surface area contributed by atoms with Crippen LogP contribution in [0.4, 0.5) is 0 Å². The minimum absolute atomic E-state index is 0.419. The van der Waals surface area contributed by atoms with Crippen molar-refractivity contribution in [1.82, 2.24) is 9.96 Å². The Labute approximate surface area is 158 Å². The van der Waals surface area contributed by atoms with Crippen LogP contribution in [-0.2, 0) is 11.4 Å². The SMILES string of the molecule is Cc1ccccc1CN1C[C@H]2CON(C)[C@H]2C[C@H]1c1cccc(Br)c1. The normalized spacial score (nSPS) is 27.4. The predicted octanol–water partition coefficient (Wildman–Crippen LogP) is 4.57. The van der Waals surface area contributed by atoms with Gasteiger partial charge in [0.25, 0.3) is 0 Å². The van der Waals surface area contributed by atoms with E-state index in [2.05, 4.69) is 88.4 Å². The van der Waals surface area contributed by atoms with Gasteiger partial charge >= 0.3 is 0 Å². The number of likely N-dealkylation sites (tertiary alicyclic amines) is 1. The Morgan fingerprint density at radius 3 is 2.80 bits per heavy atom. The van der Waals surface area contributed by atoms with E-state index in [1.165, 1.54) is 16.7 Å². The second-order valence-corrected chi connectivity index (χ2v) is 8.25. The van der Waals surface area contributed by atoms with Gasteiger partial charge in [-0.3, -0.25) is 9.74 Å². The first-order valence-corrected chi connectivity index (χ1v) is 9.81. The molecule has 0 bridgehead atoms. The first-order chi connectivity index (χ1) is 12.1. The van der Waals surface area contributed by atoms with Crippen molar-refractivity contribution in [2.24, 2.45) is 5.92 Å². The maximum atomic E-state index is 5.83. The fraction of sp³-hybridized carbons (Fsp3) is 0.429. The largest absolute Gasteiger partial charge is 0.299 e. The molecular formula is C21H25BrN2O. The lowest BCUT2D eigenvalue weighted by Crippen LogP contribution is -2.46. The Hall–Kier alpha value is -1.20. The van der Waals surface area contributed by atoms with Crippen molar-refractivity contribution in [1.29, 1.82) is 0 Å². The van der Waals surface area contributed by atoms with Gasteiger partial charge in [0.1, 0.15) is 0 Å². The average molecular weight is 401 g/mol. The number of aryl methyl sites for hydroxylation is 1. The molecule has 2 aliphatic rings. The molecule has 0 radical (unpaired) electrons. The summed E-state index contributed by atoms with van der Waals surface area (Å²) in [4.78, 5) is 8.47. The number of halogens is 1. The molecule has 0 amide bonds. The maximum Gasteiger partial charge on any atom is 0.0741 e. The number of rotatable bonds is 3. The second kappa shape index (κ2) is 7.20. The van der Waals surface area contributed by atoms with Crippen molar-refractivity contribution in [2.75, 3.05) is 20.2 Å². The second-order valence-electron chi connectivity index (χ2n) is 7.33. The van der Waals surface area contributed by atoms with Crippen LogP contribution in [0.5, 0.6) is 0 Å². The van der Waals surface area contributed by atoms with E-state index in [-0.39, 0.29) is 0 Å². The molecule has 4 rings (SSSR count). The van der Waals surface area contributed by atoms with E-state index in [4.69, 9.17) is 4.84 Å². The third-order valence-corrected chi connectivity index (χ3v) is 6.24. The molecule has 2 aromatic rings. The average Bonchev–Trinajstić information content (AvgIpc) is 2.96. The molecule has 3 nitrogen and oxygen atoms in total. The van der Waals surface area contributed by atoms with Crippen LogP contribution in [0.1, 0.15) is 29.2 Å². The topological polar surface area (TPSA) is 15.7 Å². The smallest absolute Gasteiger partial charge is 0.0741 e. The Morgan fingerprint density at radius 1 is 1.16 bits per heavy atom. The van der Waals surface area contributed by atoms with Gasteiger partial charge in [0.05, 0.1) is 6.61 Å². The van der Waals surface area contributed by atoms with Crippen LogP contribution < -0.4 is 0 Å². The zero-order chi connectivity index (χ0) is 17.4. The van der Waals surface area contributed by atoms with Crippen LogP contribution in [-0.4, -0.2) is 36.2 Å². The summed E-state index contributed by atoms with van der Waals surface area (Å²) in [5.41, 5.74) is 4.19. The number of hydroxylamine groups is 2. The Balaban J connectivity index is 1.65. The van der Waals surface area contributed by atoms with Gasteiger partial charge in [-0.2, -0.15) is 5.06 Å². The summed E-state index contributed by atoms with van der Waals surface area (Å²) in [7, 11) is 2.08. The monoisotopic (exact) mass is 400 g/mol. The molecular weight excluding hydrogens is 376 g/mol. The Kier molecular flexibility index (Phi) is 4.96. The van der Waals surface area contributed by atoms with Crippen molar-refractivity contribution < 1.29 is 4.84 Å². The number of fused-ring (bicyclic) bond motifs is 1. The maximum absolute atomic E-state index is 5.83. The summed E-state index contributed by atoms with van der Waals surface area (Å²) in [6.45, 7) is 5.14. The number of piperidine rings is 1. The minimum Gasteiger partial charge on any atom is -0.299 e. The number of nitrogens with zero attached hydrogens (tertiary/aromatic N) is 2. The van der Waals surface area contributed by atoms with E-state index in [1.54, 1.807) is 0 Å². The van der Waals surface area contributed by atoms with Gasteiger partial charge in [0.2, 0.25) is 0 Å². The summed E-state index contributed by atoms with van der Waals surface area (Å²) in [5, 5.41) is 2.08. The van der Waals surface area contributed by atoms with E-state index in [0.717, 1.165) is 30.6 Å². The number of hydrogen-bond acceptors (Lipinski definition) is 3. The third kappa shape index (κ3) is 3.54. The standard InChI is InChI=1S/C21H25BrN2O/c1-15-6-3-4-7-17(15)12-24-13-18-14-25-23(2)20(18)11-21(24)16-8-5-9-19(22)10-16/h3-10,18,20-21H,11-14H2,1-2H3/t18-,20-,21-/m0/s1. The third-order valence-electron chi connectivity index (χ3n) is 5.75. The minimum atomic E-state index is 0.419. The Morgan fingerprint density at radius 2 is 2.00 bits per heavy atom. The molecule has 0 spiro atoms. The number of hydrogen-bond donors (Lipinski definition) is 0. The van der Waals surface area contributed by atoms with E-state index in [1.807, 2.05) is 0 Å². The van der Waals surface area contributed by atoms with Crippen LogP contribution in [0.3, 0.4) is 0 Å². The lowest BCUT2D eigenvalue weighted by Gasteiger charge is -2.42. The number of benzene rings is 2. The van der Waals surface area contributed by atoms with Gasteiger partial charge in [0.15, 0.2) is 0 Å². The van der Waals surface area contributed by atoms with Crippen molar-refractivity contribution in [2.45, 2.75) is 32.0 Å². The van der Waals surface area contributed by atoms with E-state index in [9.17, 15) is 0 Å². The highest BCUT2D eigenvalue weighted by molar-refractivity contribution is 9.10. The lowest BCUT2D eigenvalue weighted by atomic mass is 9.85. The molecule has 3 atom stereocenters. The molecule has 4 heteroatoms. The zero-order valence-corrected chi connectivity index (χ0v) is 16.4. The van der Waals surface area contributed by atoms with Crippen molar-refractivity contribution >= 4 is 15.9 Å².